The van der Waals surface area contributed by atoms with Crippen LogP contribution in [0.4, 0.5) is 5.95 Å². The third-order valence-corrected chi connectivity index (χ3v) is 2.32. The van der Waals surface area contributed by atoms with Crippen molar-refractivity contribution in [1.82, 2.24) is 25.5 Å². The van der Waals surface area contributed by atoms with Gasteiger partial charge in [-0.25, -0.2) is 0 Å². The predicted molar refractivity (Wildman–Crippen MR) is 48.1 cm³/mol. The SMILES string of the molecule is Nc1nnnn1C1CCCCNC1=O. The zero-order valence-electron chi connectivity index (χ0n) is 7.68. The Hall–Kier alpha value is -1.66. The number of hydrogen-bond acceptors (Lipinski definition) is 5. The van der Waals surface area contributed by atoms with Crippen LogP contribution in [-0.2, 0) is 4.79 Å². The molecule has 0 spiro atoms. The largest absolute Gasteiger partial charge is 0.367 e. The van der Waals surface area contributed by atoms with Crippen LogP contribution < -0.4 is 11.1 Å². The summed E-state index contributed by atoms with van der Waals surface area (Å²) in [5.74, 6) is 0.133. The van der Waals surface area contributed by atoms with Gasteiger partial charge >= 0.3 is 0 Å². The molecule has 1 aliphatic rings. The molecule has 7 nitrogen and oxygen atoms in total. The highest BCUT2D eigenvalue weighted by Gasteiger charge is 2.25. The number of carbonyl (C=O) groups is 1. The van der Waals surface area contributed by atoms with Crippen LogP contribution in [0.3, 0.4) is 0 Å². The van der Waals surface area contributed by atoms with E-state index in [1.807, 2.05) is 0 Å². The fourth-order valence-corrected chi connectivity index (χ4v) is 1.58. The third kappa shape index (κ3) is 1.52. The highest BCUT2D eigenvalue weighted by Crippen LogP contribution is 2.18. The average molecular weight is 196 g/mol. The van der Waals surface area contributed by atoms with Gasteiger partial charge in [0, 0.05) is 6.54 Å². The molecule has 3 N–H and O–H groups in total. The van der Waals surface area contributed by atoms with E-state index in [4.69, 9.17) is 5.73 Å². The second-order valence-corrected chi connectivity index (χ2v) is 3.28. The molecule has 0 bridgehead atoms. The van der Waals surface area contributed by atoms with E-state index >= 15 is 0 Å². The van der Waals surface area contributed by atoms with Crippen LogP contribution in [-0.4, -0.2) is 32.7 Å². The molecule has 1 atom stereocenters. The van der Waals surface area contributed by atoms with Crippen molar-refractivity contribution < 1.29 is 4.79 Å². The molecule has 1 unspecified atom stereocenters. The zero-order valence-corrected chi connectivity index (χ0v) is 7.68. The Morgan fingerprint density at radius 3 is 3.07 bits per heavy atom. The summed E-state index contributed by atoms with van der Waals surface area (Å²) >= 11 is 0. The van der Waals surface area contributed by atoms with Gasteiger partial charge in [0.05, 0.1) is 0 Å². The molecule has 1 saturated heterocycles. The molecule has 0 radical (unpaired) electrons. The van der Waals surface area contributed by atoms with Crippen LogP contribution in [0.25, 0.3) is 0 Å². The summed E-state index contributed by atoms with van der Waals surface area (Å²) in [7, 11) is 0. The first-order valence-corrected chi connectivity index (χ1v) is 4.60. The van der Waals surface area contributed by atoms with Gasteiger partial charge in [-0.1, -0.05) is 5.10 Å². The maximum Gasteiger partial charge on any atom is 0.245 e. The molecule has 2 heterocycles. The van der Waals surface area contributed by atoms with E-state index in [2.05, 4.69) is 20.8 Å². The number of rotatable bonds is 1. The number of tetrazole rings is 1. The Morgan fingerprint density at radius 2 is 2.36 bits per heavy atom. The van der Waals surface area contributed by atoms with Gasteiger partial charge in [0.25, 0.3) is 0 Å². The highest BCUT2D eigenvalue weighted by molar-refractivity contribution is 5.80. The van der Waals surface area contributed by atoms with Crippen LogP contribution in [0.5, 0.6) is 0 Å². The van der Waals surface area contributed by atoms with Crippen molar-refractivity contribution in [3.63, 3.8) is 0 Å². The Kier molecular flexibility index (Phi) is 2.30. The van der Waals surface area contributed by atoms with Crippen molar-refractivity contribution in [2.75, 3.05) is 12.3 Å². The third-order valence-electron chi connectivity index (χ3n) is 2.32. The van der Waals surface area contributed by atoms with Gasteiger partial charge in [-0.05, 0) is 29.7 Å². The maximum absolute atomic E-state index is 11.6. The van der Waals surface area contributed by atoms with Crippen molar-refractivity contribution >= 4 is 11.9 Å². The predicted octanol–water partition coefficient (Wildman–Crippen LogP) is -0.904. The summed E-state index contributed by atoms with van der Waals surface area (Å²) in [6.45, 7) is 0.720. The molecule has 0 aliphatic carbocycles. The Morgan fingerprint density at radius 1 is 1.50 bits per heavy atom. The van der Waals surface area contributed by atoms with Gasteiger partial charge in [0.15, 0.2) is 0 Å². The van der Waals surface area contributed by atoms with Gasteiger partial charge in [-0.2, -0.15) is 4.68 Å². The van der Waals surface area contributed by atoms with Gasteiger partial charge in [-0.15, -0.1) is 0 Å². The molecule has 1 aromatic heterocycles. The number of nitrogen functional groups attached to an aromatic ring is 1. The summed E-state index contributed by atoms with van der Waals surface area (Å²) in [6.07, 6.45) is 2.70. The molecule has 2 rings (SSSR count). The highest BCUT2D eigenvalue weighted by atomic mass is 16.2. The molecule has 1 aliphatic heterocycles. The monoisotopic (exact) mass is 196 g/mol. The molecule has 1 fully saturated rings. The fourth-order valence-electron chi connectivity index (χ4n) is 1.58. The summed E-state index contributed by atoms with van der Waals surface area (Å²) in [4.78, 5) is 11.6. The molecule has 1 aromatic rings. The van der Waals surface area contributed by atoms with Crippen LogP contribution in [0.2, 0.25) is 0 Å². The summed E-state index contributed by atoms with van der Waals surface area (Å²) in [5, 5.41) is 13.5. The molecular formula is C7H12N6O. The second-order valence-electron chi connectivity index (χ2n) is 3.28. The lowest BCUT2D eigenvalue weighted by Gasteiger charge is -2.12. The molecule has 0 saturated carbocycles. The van der Waals surface area contributed by atoms with E-state index < -0.39 is 0 Å². The van der Waals surface area contributed by atoms with Gasteiger partial charge in [0.1, 0.15) is 6.04 Å². The molecule has 14 heavy (non-hydrogen) atoms. The van der Waals surface area contributed by atoms with E-state index in [9.17, 15) is 4.79 Å². The van der Waals surface area contributed by atoms with E-state index in [-0.39, 0.29) is 17.9 Å². The maximum atomic E-state index is 11.6. The van der Waals surface area contributed by atoms with Gasteiger partial charge < -0.3 is 11.1 Å². The Bertz CT molecular complexity index is 335. The minimum Gasteiger partial charge on any atom is -0.367 e. The van der Waals surface area contributed by atoms with E-state index in [1.54, 1.807) is 0 Å². The smallest absolute Gasteiger partial charge is 0.245 e. The van der Waals surface area contributed by atoms with E-state index in [0.717, 1.165) is 25.8 Å². The molecule has 7 heteroatoms. The number of nitrogens with one attached hydrogen (secondary N) is 1. The minimum absolute atomic E-state index is 0.0542. The fraction of sp³-hybridized carbons (Fsp3) is 0.714. The quantitative estimate of drug-likeness (QED) is 0.606. The van der Waals surface area contributed by atoms with Crippen molar-refractivity contribution in [1.29, 1.82) is 0 Å². The Balaban J connectivity index is 2.23. The van der Waals surface area contributed by atoms with E-state index in [0.29, 0.717) is 0 Å². The number of carbonyl (C=O) groups excluding carboxylic acids is 1. The van der Waals surface area contributed by atoms with Gasteiger partial charge in [0.2, 0.25) is 11.9 Å². The van der Waals surface area contributed by atoms with Crippen molar-refractivity contribution in [3.05, 3.63) is 0 Å². The van der Waals surface area contributed by atoms with Crippen molar-refractivity contribution in [2.24, 2.45) is 0 Å². The topological polar surface area (TPSA) is 98.7 Å². The van der Waals surface area contributed by atoms with Crippen molar-refractivity contribution in [3.8, 4) is 0 Å². The molecule has 0 aromatic carbocycles. The number of amides is 1. The second kappa shape index (κ2) is 3.60. The van der Waals surface area contributed by atoms with Crippen LogP contribution in [0.1, 0.15) is 25.3 Å². The standard InChI is InChI=1S/C7H12N6O/c8-7-10-11-12-13(7)5-3-1-2-4-9-6(5)14/h5H,1-4H2,(H,9,14)(H2,8,10,12). The van der Waals surface area contributed by atoms with Crippen LogP contribution >= 0.6 is 0 Å². The van der Waals surface area contributed by atoms with Gasteiger partial charge in [-0.3, -0.25) is 4.79 Å². The zero-order chi connectivity index (χ0) is 9.97. The first-order chi connectivity index (χ1) is 6.79. The first kappa shape index (κ1) is 8.92. The lowest BCUT2D eigenvalue weighted by atomic mass is 10.1. The molecule has 1 amide bonds. The average Bonchev–Trinajstić information content (AvgIpc) is 2.46. The molecular weight excluding hydrogens is 184 g/mol. The summed E-state index contributed by atoms with van der Waals surface area (Å²) in [5.41, 5.74) is 5.53. The number of nitrogens with two attached hydrogens (primary N) is 1. The minimum atomic E-state index is -0.354. The summed E-state index contributed by atoms with van der Waals surface area (Å²) < 4.78 is 1.38. The van der Waals surface area contributed by atoms with Crippen LogP contribution in [0, 0.1) is 0 Å². The lowest BCUT2D eigenvalue weighted by molar-refractivity contribution is -0.124. The summed E-state index contributed by atoms with van der Waals surface area (Å²) in [6, 6.07) is -0.354. The normalized spacial score (nSPS) is 22.9. The number of aromatic nitrogens is 4. The number of anilines is 1. The molecule has 76 valence electrons. The van der Waals surface area contributed by atoms with Crippen molar-refractivity contribution in [2.45, 2.75) is 25.3 Å². The van der Waals surface area contributed by atoms with Crippen LogP contribution in [0.15, 0.2) is 0 Å². The Labute approximate surface area is 80.6 Å². The lowest BCUT2D eigenvalue weighted by Crippen LogP contribution is -2.32. The van der Waals surface area contributed by atoms with E-state index in [1.165, 1.54) is 4.68 Å². The number of nitrogens with zero attached hydrogens (tertiary/aromatic N) is 4. The first-order valence-electron chi connectivity index (χ1n) is 4.60. The number of hydrogen-bond donors (Lipinski definition) is 2.